The Kier molecular flexibility index (Phi) is 4.48. The molecule has 78 valence electrons. The van der Waals surface area contributed by atoms with Crippen molar-refractivity contribution in [1.29, 1.82) is 0 Å². The van der Waals surface area contributed by atoms with Crippen LogP contribution in [-0.4, -0.2) is 15.0 Å². The van der Waals surface area contributed by atoms with E-state index in [0.29, 0.717) is 0 Å². The van der Waals surface area contributed by atoms with Crippen LogP contribution in [0, 0.1) is 23.0 Å². The van der Waals surface area contributed by atoms with E-state index in [2.05, 4.69) is 4.98 Å². The lowest BCUT2D eigenvalue weighted by molar-refractivity contribution is -0.390. The Labute approximate surface area is 80.4 Å². The molecule has 0 aromatic carbocycles. The van der Waals surface area contributed by atoms with Gasteiger partial charge < -0.3 is 15.2 Å². The van der Waals surface area contributed by atoms with Gasteiger partial charge in [0.05, 0.1) is 0 Å². The minimum atomic E-state index is -1.22. The number of rotatable bonds is 1. The molecular weight excluding hydrogens is 191 g/mol. The molecule has 0 aliphatic heterocycles. The third kappa shape index (κ3) is 2.65. The second-order valence-corrected chi connectivity index (χ2v) is 2.19. The summed E-state index contributed by atoms with van der Waals surface area (Å²) in [5.74, 6) is -2.48. The van der Waals surface area contributed by atoms with Crippen molar-refractivity contribution in [2.45, 2.75) is 20.8 Å². The summed E-state index contributed by atoms with van der Waals surface area (Å²) >= 11 is 0. The normalized spacial score (nSPS) is 8.86. The van der Waals surface area contributed by atoms with Crippen molar-refractivity contribution in [2.75, 3.05) is 0 Å². The van der Waals surface area contributed by atoms with Gasteiger partial charge >= 0.3 is 11.8 Å². The predicted molar refractivity (Wildman–Crippen MR) is 48.6 cm³/mol. The van der Waals surface area contributed by atoms with Gasteiger partial charge in [0.1, 0.15) is 0 Å². The molecule has 0 bridgehead atoms. The Balaban J connectivity index is 0.000000791. The van der Waals surface area contributed by atoms with Crippen LogP contribution in [0.25, 0.3) is 0 Å². The summed E-state index contributed by atoms with van der Waals surface area (Å²) in [6, 6.07) is 0.998. The summed E-state index contributed by atoms with van der Waals surface area (Å²) < 4.78 is 12.5. The molecular formula is C8H11FN2O3. The summed E-state index contributed by atoms with van der Waals surface area (Å²) in [7, 11) is 0. The minimum Gasteiger partial charge on any atom is -0.502 e. The number of aromatic nitrogens is 1. The van der Waals surface area contributed by atoms with Crippen LogP contribution in [-0.2, 0) is 0 Å². The van der Waals surface area contributed by atoms with Gasteiger partial charge in [0.15, 0.2) is 0 Å². The van der Waals surface area contributed by atoms with Crippen LogP contribution in [0.5, 0.6) is 5.75 Å². The molecule has 14 heavy (non-hydrogen) atoms. The van der Waals surface area contributed by atoms with Crippen LogP contribution >= 0.6 is 0 Å². The highest BCUT2D eigenvalue weighted by Crippen LogP contribution is 2.22. The maximum atomic E-state index is 12.5. The van der Waals surface area contributed by atoms with E-state index in [1.165, 1.54) is 6.92 Å². The van der Waals surface area contributed by atoms with Gasteiger partial charge in [-0.25, -0.2) is 0 Å². The molecule has 0 saturated heterocycles. The molecule has 1 aromatic rings. The summed E-state index contributed by atoms with van der Waals surface area (Å²) in [6.07, 6.45) is 0. The fourth-order valence-corrected chi connectivity index (χ4v) is 0.704. The molecule has 0 fully saturated rings. The monoisotopic (exact) mass is 202 g/mol. The molecule has 0 amide bonds. The zero-order valence-corrected chi connectivity index (χ0v) is 8.11. The minimum absolute atomic E-state index is 0.0919. The van der Waals surface area contributed by atoms with E-state index in [4.69, 9.17) is 5.11 Å². The first-order valence-corrected chi connectivity index (χ1v) is 4.03. The Morgan fingerprint density at radius 1 is 1.57 bits per heavy atom. The van der Waals surface area contributed by atoms with Crippen molar-refractivity contribution < 1.29 is 14.4 Å². The lowest BCUT2D eigenvalue weighted by Gasteiger charge is -1.96. The summed E-state index contributed by atoms with van der Waals surface area (Å²) in [5.41, 5.74) is 0.0919. The largest absolute Gasteiger partial charge is 0.502 e. The van der Waals surface area contributed by atoms with Gasteiger partial charge in [0.2, 0.25) is 5.75 Å². The zero-order valence-electron chi connectivity index (χ0n) is 8.11. The standard InChI is InChI=1S/C6H5FN2O3.C2H6/c1-3-2-4(9(11)12)8-6(7)5(3)10;1-2/h2,10H,1H3;1-2H3. The molecule has 1 heterocycles. The van der Waals surface area contributed by atoms with Crippen LogP contribution in [0.3, 0.4) is 0 Å². The fourth-order valence-electron chi connectivity index (χ4n) is 0.704. The van der Waals surface area contributed by atoms with Gasteiger partial charge in [0, 0.05) is 11.6 Å². The first kappa shape index (κ1) is 12.3. The van der Waals surface area contributed by atoms with E-state index >= 15 is 0 Å². The topological polar surface area (TPSA) is 76.3 Å². The van der Waals surface area contributed by atoms with Crippen LogP contribution in [0.1, 0.15) is 19.4 Å². The van der Waals surface area contributed by atoms with Gasteiger partial charge in [-0.05, 0) is 16.8 Å². The van der Waals surface area contributed by atoms with Crippen molar-refractivity contribution in [2.24, 2.45) is 0 Å². The Morgan fingerprint density at radius 2 is 2.07 bits per heavy atom. The van der Waals surface area contributed by atoms with Gasteiger partial charge in [-0.1, -0.05) is 13.8 Å². The fraction of sp³-hybridized carbons (Fsp3) is 0.375. The van der Waals surface area contributed by atoms with Crippen molar-refractivity contribution in [1.82, 2.24) is 4.98 Å². The molecule has 0 radical (unpaired) electrons. The highest BCUT2D eigenvalue weighted by atomic mass is 19.1. The zero-order chi connectivity index (χ0) is 11.3. The molecule has 0 aliphatic carbocycles. The second kappa shape index (κ2) is 5.11. The molecule has 5 nitrogen and oxygen atoms in total. The van der Waals surface area contributed by atoms with E-state index in [-0.39, 0.29) is 5.56 Å². The molecule has 0 spiro atoms. The number of nitrogens with zero attached hydrogens (tertiary/aromatic N) is 2. The first-order chi connectivity index (χ1) is 6.52. The summed E-state index contributed by atoms with van der Waals surface area (Å²) in [4.78, 5) is 12.2. The number of nitro groups is 1. The van der Waals surface area contributed by atoms with Crippen molar-refractivity contribution in [3.63, 3.8) is 0 Å². The molecule has 1 aromatic heterocycles. The van der Waals surface area contributed by atoms with Crippen LogP contribution in [0.15, 0.2) is 6.07 Å². The Hall–Kier alpha value is -1.72. The average Bonchev–Trinajstić information content (AvgIpc) is 2.16. The number of hydrogen-bond donors (Lipinski definition) is 1. The maximum Gasteiger partial charge on any atom is 0.367 e. The molecule has 0 atom stereocenters. The van der Waals surface area contributed by atoms with E-state index in [1.807, 2.05) is 13.8 Å². The van der Waals surface area contributed by atoms with Gasteiger partial charge in [0.25, 0.3) is 0 Å². The molecule has 1 N–H and O–H groups in total. The number of pyridine rings is 1. The van der Waals surface area contributed by atoms with Crippen molar-refractivity contribution in [3.8, 4) is 5.75 Å². The average molecular weight is 202 g/mol. The van der Waals surface area contributed by atoms with E-state index in [1.54, 1.807) is 0 Å². The molecule has 0 aliphatic rings. The quantitative estimate of drug-likeness (QED) is 0.430. The third-order valence-corrected chi connectivity index (χ3v) is 1.31. The highest BCUT2D eigenvalue weighted by Gasteiger charge is 2.17. The number of aryl methyl sites for hydroxylation is 1. The van der Waals surface area contributed by atoms with E-state index < -0.39 is 22.4 Å². The van der Waals surface area contributed by atoms with Crippen LogP contribution < -0.4 is 0 Å². The van der Waals surface area contributed by atoms with Crippen LogP contribution in [0.2, 0.25) is 0 Å². The first-order valence-electron chi connectivity index (χ1n) is 4.03. The molecule has 1 rings (SSSR count). The SMILES string of the molecule is CC.Cc1cc([N+](=O)[O-])nc(F)c1O. The summed E-state index contributed by atoms with van der Waals surface area (Å²) in [6.45, 7) is 5.35. The smallest absolute Gasteiger partial charge is 0.367 e. The van der Waals surface area contributed by atoms with Gasteiger partial charge in [-0.2, -0.15) is 4.39 Å². The van der Waals surface area contributed by atoms with Gasteiger partial charge in [-0.15, -0.1) is 0 Å². The second-order valence-electron chi connectivity index (χ2n) is 2.19. The lowest BCUT2D eigenvalue weighted by Crippen LogP contribution is -1.96. The van der Waals surface area contributed by atoms with Crippen molar-refractivity contribution in [3.05, 3.63) is 27.7 Å². The summed E-state index contributed by atoms with van der Waals surface area (Å²) in [5, 5.41) is 19.0. The third-order valence-electron chi connectivity index (χ3n) is 1.31. The molecule has 0 saturated carbocycles. The van der Waals surface area contributed by atoms with E-state index in [9.17, 15) is 14.5 Å². The highest BCUT2D eigenvalue weighted by molar-refractivity contribution is 5.36. The number of halogens is 1. The lowest BCUT2D eigenvalue weighted by atomic mass is 10.3. The van der Waals surface area contributed by atoms with Crippen molar-refractivity contribution >= 4 is 5.82 Å². The number of aromatic hydroxyl groups is 1. The van der Waals surface area contributed by atoms with E-state index in [0.717, 1.165) is 6.07 Å². The molecule has 0 unspecified atom stereocenters. The van der Waals surface area contributed by atoms with Gasteiger partial charge in [-0.3, -0.25) is 0 Å². The molecule has 6 heteroatoms. The Bertz CT molecular complexity index is 318. The predicted octanol–water partition coefficient (Wildman–Crippen LogP) is 2.17. The Morgan fingerprint density at radius 3 is 2.43 bits per heavy atom. The number of hydrogen-bond acceptors (Lipinski definition) is 4. The maximum absolute atomic E-state index is 12.5. The van der Waals surface area contributed by atoms with Crippen LogP contribution in [0.4, 0.5) is 10.2 Å².